The molecule has 0 bridgehead atoms. The third kappa shape index (κ3) is 3.07. The van der Waals surface area contributed by atoms with Crippen molar-refractivity contribution in [2.45, 2.75) is 38.9 Å². The molecule has 2 rings (SSSR count). The van der Waals surface area contributed by atoms with Crippen molar-refractivity contribution in [3.63, 3.8) is 0 Å². The summed E-state index contributed by atoms with van der Waals surface area (Å²) in [5, 5.41) is 0. The van der Waals surface area contributed by atoms with E-state index >= 15 is 0 Å². The minimum absolute atomic E-state index is 0. The zero-order valence-electron chi connectivity index (χ0n) is 13.4. The standard InChI is InChI=1S/C14H22BNO4.ClH/c1-13(2)14(3,4)20-15(19-13)9-7-10(16)12(18-6)11(8-9)17-5;/h7-8H,16H2,1-6H3;1H. The fourth-order valence-electron chi connectivity index (χ4n) is 2.13. The summed E-state index contributed by atoms with van der Waals surface area (Å²) in [6.45, 7) is 8.04. The second-order valence-electron chi connectivity index (χ2n) is 5.93. The van der Waals surface area contributed by atoms with Crippen LogP contribution in [0.4, 0.5) is 5.69 Å². The first-order chi connectivity index (χ1) is 9.21. The van der Waals surface area contributed by atoms with E-state index in [-0.39, 0.29) is 23.6 Å². The lowest BCUT2D eigenvalue weighted by molar-refractivity contribution is 0.00578. The van der Waals surface area contributed by atoms with Gasteiger partial charge in [0.25, 0.3) is 0 Å². The van der Waals surface area contributed by atoms with Gasteiger partial charge in [-0.05, 0) is 45.3 Å². The normalized spacial score (nSPS) is 19.0. The number of hydrogen-bond acceptors (Lipinski definition) is 5. The highest BCUT2D eigenvalue weighted by Gasteiger charge is 2.51. The molecular formula is C14H23BClNO4. The Labute approximate surface area is 132 Å². The van der Waals surface area contributed by atoms with Gasteiger partial charge in [-0.2, -0.15) is 0 Å². The molecule has 7 heteroatoms. The summed E-state index contributed by atoms with van der Waals surface area (Å²) in [5.41, 5.74) is 6.53. The lowest BCUT2D eigenvalue weighted by Crippen LogP contribution is -2.41. The highest BCUT2D eigenvalue weighted by Crippen LogP contribution is 2.38. The van der Waals surface area contributed by atoms with Crippen LogP contribution in [0.25, 0.3) is 0 Å². The molecule has 0 atom stereocenters. The predicted octanol–water partition coefficient (Wildman–Crippen LogP) is 2.01. The largest absolute Gasteiger partial charge is 0.495 e. The molecule has 1 aromatic carbocycles. The summed E-state index contributed by atoms with van der Waals surface area (Å²) < 4.78 is 22.5. The summed E-state index contributed by atoms with van der Waals surface area (Å²) in [6, 6.07) is 3.63. The molecule has 0 aromatic heterocycles. The molecule has 5 nitrogen and oxygen atoms in total. The van der Waals surface area contributed by atoms with Crippen LogP contribution in [0.2, 0.25) is 0 Å². The molecule has 0 amide bonds. The Kier molecular flexibility index (Phi) is 5.08. The van der Waals surface area contributed by atoms with Crippen molar-refractivity contribution in [1.29, 1.82) is 0 Å². The molecule has 1 aliphatic heterocycles. The molecule has 0 saturated carbocycles. The van der Waals surface area contributed by atoms with Crippen molar-refractivity contribution in [3.8, 4) is 11.5 Å². The number of nitrogen functional groups attached to an aromatic ring is 1. The Balaban J connectivity index is 0.00000220. The summed E-state index contributed by atoms with van der Waals surface area (Å²) >= 11 is 0. The van der Waals surface area contributed by atoms with Crippen molar-refractivity contribution >= 4 is 30.7 Å². The fraction of sp³-hybridized carbons (Fsp3) is 0.571. The van der Waals surface area contributed by atoms with Gasteiger partial charge in [0.1, 0.15) is 0 Å². The molecule has 1 aromatic rings. The summed E-state index contributed by atoms with van der Waals surface area (Å²) in [4.78, 5) is 0. The molecule has 0 spiro atoms. The lowest BCUT2D eigenvalue weighted by atomic mass is 9.78. The van der Waals surface area contributed by atoms with E-state index in [9.17, 15) is 0 Å². The van der Waals surface area contributed by atoms with Crippen LogP contribution >= 0.6 is 12.4 Å². The van der Waals surface area contributed by atoms with Crippen molar-refractivity contribution in [2.24, 2.45) is 0 Å². The van der Waals surface area contributed by atoms with Crippen LogP contribution in [0.1, 0.15) is 27.7 Å². The number of anilines is 1. The fourth-order valence-corrected chi connectivity index (χ4v) is 2.13. The smallest absolute Gasteiger partial charge is 0.493 e. The van der Waals surface area contributed by atoms with Gasteiger partial charge in [0.05, 0.1) is 31.1 Å². The summed E-state index contributed by atoms with van der Waals surface area (Å²) in [7, 11) is 2.66. The number of hydrogen-bond donors (Lipinski definition) is 1. The van der Waals surface area contributed by atoms with Crippen LogP contribution in [-0.4, -0.2) is 32.5 Å². The molecule has 21 heavy (non-hydrogen) atoms. The number of nitrogens with two attached hydrogens (primary N) is 1. The molecule has 0 radical (unpaired) electrons. The molecule has 1 aliphatic rings. The summed E-state index contributed by atoms with van der Waals surface area (Å²) in [5.74, 6) is 1.09. The number of rotatable bonds is 3. The third-order valence-electron chi connectivity index (χ3n) is 4.06. The van der Waals surface area contributed by atoms with Crippen molar-refractivity contribution in [1.82, 2.24) is 0 Å². The summed E-state index contributed by atoms with van der Waals surface area (Å²) in [6.07, 6.45) is 0. The number of methoxy groups -OCH3 is 2. The van der Waals surface area contributed by atoms with Crippen molar-refractivity contribution < 1.29 is 18.8 Å². The Bertz CT molecular complexity index is 506. The Morgan fingerprint density at radius 2 is 1.52 bits per heavy atom. The average Bonchev–Trinajstić information content (AvgIpc) is 2.57. The lowest BCUT2D eigenvalue weighted by Gasteiger charge is -2.32. The quantitative estimate of drug-likeness (QED) is 0.683. The van der Waals surface area contributed by atoms with Crippen molar-refractivity contribution in [2.75, 3.05) is 20.0 Å². The molecule has 0 unspecified atom stereocenters. The number of halogens is 1. The van der Waals surface area contributed by atoms with Gasteiger partial charge < -0.3 is 24.5 Å². The molecule has 1 saturated heterocycles. The SMILES string of the molecule is COc1cc(B2OC(C)(C)C(C)(C)O2)cc(N)c1OC.Cl. The molecular weight excluding hydrogens is 292 g/mol. The highest BCUT2D eigenvalue weighted by molar-refractivity contribution is 6.62. The Morgan fingerprint density at radius 1 is 1.00 bits per heavy atom. The van der Waals surface area contributed by atoms with E-state index < -0.39 is 7.12 Å². The zero-order chi connectivity index (χ0) is 15.1. The first-order valence-electron chi connectivity index (χ1n) is 6.59. The number of ether oxygens (including phenoxy) is 2. The van der Waals surface area contributed by atoms with E-state index in [1.165, 1.54) is 0 Å². The van der Waals surface area contributed by atoms with E-state index in [2.05, 4.69) is 0 Å². The van der Waals surface area contributed by atoms with Gasteiger partial charge in [0, 0.05) is 0 Å². The van der Waals surface area contributed by atoms with E-state index in [0.29, 0.717) is 17.2 Å². The molecule has 1 heterocycles. The molecule has 1 fully saturated rings. The second-order valence-corrected chi connectivity index (χ2v) is 5.93. The molecule has 0 aliphatic carbocycles. The monoisotopic (exact) mass is 315 g/mol. The maximum atomic E-state index is 6.00. The Morgan fingerprint density at radius 3 is 1.95 bits per heavy atom. The van der Waals surface area contributed by atoms with Gasteiger partial charge in [0.2, 0.25) is 0 Å². The van der Waals surface area contributed by atoms with Crippen LogP contribution in [0.3, 0.4) is 0 Å². The van der Waals surface area contributed by atoms with Gasteiger partial charge in [-0.25, -0.2) is 0 Å². The van der Waals surface area contributed by atoms with Crippen LogP contribution in [0.5, 0.6) is 11.5 Å². The first-order valence-corrected chi connectivity index (χ1v) is 6.59. The van der Waals surface area contributed by atoms with Gasteiger partial charge in [-0.1, -0.05) is 0 Å². The second kappa shape index (κ2) is 5.95. The van der Waals surface area contributed by atoms with Gasteiger partial charge in [-0.3, -0.25) is 0 Å². The van der Waals surface area contributed by atoms with E-state index in [0.717, 1.165) is 5.46 Å². The maximum absolute atomic E-state index is 6.00. The van der Waals surface area contributed by atoms with Crippen LogP contribution in [0.15, 0.2) is 12.1 Å². The van der Waals surface area contributed by atoms with E-state index in [1.807, 2.05) is 33.8 Å². The molecule has 118 valence electrons. The molecule has 2 N–H and O–H groups in total. The number of benzene rings is 1. The minimum atomic E-state index is -0.470. The minimum Gasteiger partial charge on any atom is -0.493 e. The van der Waals surface area contributed by atoms with Crippen LogP contribution < -0.4 is 20.7 Å². The van der Waals surface area contributed by atoms with E-state index in [4.69, 9.17) is 24.5 Å². The Hall–Kier alpha value is -1.11. The van der Waals surface area contributed by atoms with Crippen molar-refractivity contribution in [3.05, 3.63) is 12.1 Å². The zero-order valence-corrected chi connectivity index (χ0v) is 14.2. The highest BCUT2D eigenvalue weighted by atomic mass is 35.5. The maximum Gasteiger partial charge on any atom is 0.495 e. The third-order valence-corrected chi connectivity index (χ3v) is 4.06. The average molecular weight is 316 g/mol. The van der Waals surface area contributed by atoms with E-state index in [1.54, 1.807) is 20.3 Å². The first kappa shape index (κ1) is 17.9. The van der Waals surface area contributed by atoms with Crippen LogP contribution in [-0.2, 0) is 9.31 Å². The topological polar surface area (TPSA) is 62.9 Å². The predicted molar refractivity (Wildman–Crippen MR) is 86.9 cm³/mol. The van der Waals surface area contributed by atoms with Gasteiger partial charge in [-0.15, -0.1) is 12.4 Å². The van der Waals surface area contributed by atoms with Gasteiger partial charge in [0.15, 0.2) is 11.5 Å². The van der Waals surface area contributed by atoms with Crippen LogP contribution in [0, 0.1) is 0 Å². The van der Waals surface area contributed by atoms with Gasteiger partial charge >= 0.3 is 7.12 Å².